The van der Waals surface area contributed by atoms with Gasteiger partial charge in [-0.05, 0) is 35.4 Å². The van der Waals surface area contributed by atoms with Crippen molar-refractivity contribution in [1.29, 1.82) is 0 Å². The van der Waals surface area contributed by atoms with Crippen molar-refractivity contribution in [1.82, 2.24) is 5.32 Å². The maximum Gasteiger partial charge on any atom is 0.251 e. The summed E-state index contributed by atoms with van der Waals surface area (Å²) in [6.07, 6.45) is 0. The molecule has 1 heterocycles. The first kappa shape index (κ1) is 22.1. The van der Waals surface area contributed by atoms with Crippen LogP contribution in [-0.2, 0) is 4.74 Å². The first-order valence-corrected chi connectivity index (χ1v) is 11.2. The summed E-state index contributed by atoms with van der Waals surface area (Å²) in [7, 11) is 4.09. The van der Waals surface area contributed by atoms with Crippen molar-refractivity contribution in [2.24, 2.45) is 0 Å². The number of morpholine rings is 1. The van der Waals surface area contributed by atoms with Gasteiger partial charge in [-0.2, -0.15) is 0 Å². The van der Waals surface area contributed by atoms with Crippen LogP contribution in [0, 0.1) is 0 Å². The van der Waals surface area contributed by atoms with Crippen LogP contribution >= 0.6 is 0 Å². The maximum absolute atomic E-state index is 12.9. The first-order valence-electron chi connectivity index (χ1n) is 11.2. The fraction of sp³-hybridized carbons (Fsp3) is 0.296. The Morgan fingerprint density at radius 1 is 0.906 bits per heavy atom. The summed E-state index contributed by atoms with van der Waals surface area (Å²) in [5.41, 5.74) is 5.36. The monoisotopic (exact) mass is 430 g/mol. The van der Waals surface area contributed by atoms with E-state index in [0.717, 1.165) is 37.4 Å². The molecule has 0 spiro atoms. The molecule has 4 rings (SSSR count). The predicted molar refractivity (Wildman–Crippen MR) is 129 cm³/mol. The average molecular weight is 431 g/mol. The SMILES string of the molecule is CN(C)c1ccc([C@H](CNC(=O)c2ccc(-c3ccccc3)cc2)[NH+]2CCOCC2)cc1. The zero-order valence-electron chi connectivity index (χ0n) is 18.9. The van der Waals surface area contributed by atoms with E-state index in [1.165, 1.54) is 16.2 Å². The Morgan fingerprint density at radius 3 is 2.16 bits per heavy atom. The Morgan fingerprint density at radius 2 is 1.53 bits per heavy atom. The second-order valence-electron chi connectivity index (χ2n) is 8.46. The number of rotatable bonds is 7. The van der Waals surface area contributed by atoms with Gasteiger partial charge in [-0.1, -0.05) is 54.6 Å². The lowest BCUT2D eigenvalue weighted by Crippen LogP contribution is -3.15. The Kier molecular flexibility index (Phi) is 7.20. The molecule has 5 nitrogen and oxygen atoms in total. The molecule has 0 aromatic heterocycles. The fourth-order valence-electron chi connectivity index (χ4n) is 4.23. The van der Waals surface area contributed by atoms with Crippen LogP contribution in [0.3, 0.4) is 0 Å². The lowest BCUT2D eigenvalue weighted by molar-refractivity contribution is -0.937. The minimum Gasteiger partial charge on any atom is -0.378 e. The smallest absolute Gasteiger partial charge is 0.251 e. The van der Waals surface area contributed by atoms with Gasteiger partial charge in [0.2, 0.25) is 0 Å². The van der Waals surface area contributed by atoms with Crippen molar-refractivity contribution in [2.75, 3.05) is 51.8 Å². The maximum atomic E-state index is 12.9. The number of benzene rings is 3. The molecule has 1 aliphatic heterocycles. The Labute approximate surface area is 190 Å². The van der Waals surface area contributed by atoms with Crippen LogP contribution in [0.15, 0.2) is 78.9 Å². The molecule has 0 unspecified atom stereocenters. The van der Waals surface area contributed by atoms with Gasteiger partial charge in [0.15, 0.2) is 0 Å². The van der Waals surface area contributed by atoms with Crippen LogP contribution < -0.4 is 15.1 Å². The lowest BCUT2D eigenvalue weighted by atomic mass is 10.0. The molecule has 0 radical (unpaired) electrons. The lowest BCUT2D eigenvalue weighted by Gasteiger charge is -2.32. The van der Waals surface area contributed by atoms with E-state index in [-0.39, 0.29) is 11.9 Å². The molecule has 3 aromatic carbocycles. The number of carbonyl (C=O) groups excluding carboxylic acids is 1. The molecular formula is C27H32N3O2+. The summed E-state index contributed by atoms with van der Waals surface area (Å²) >= 11 is 0. The number of amides is 1. The van der Waals surface area contributed by atoms with Gasteiger partial charge in [0, 0.05) is 30.9 Å². The normalized spacial score (nSPS) is 15.2. The van der Waals surface area contributed by atoms with Crippen molar-refractivity contribution in [3.05, 3.63) is 90.0 Å². The zero-order chi connectivity index (χ0) is 22.3. The molecule has 1 saturated heterocycles. The minimum absolute atomic E-state index is 0.0350. The molecule has 5 heteroatoms. The topological polar surface area (TPSA) is 46.0 Å². The van der Waals surface area contributed by atoms with E-state index in [2.05, 4.69) is 46.6 Å². The number of hydrogen-bond acceptors (Lipinski definition) is 3. The van der Waals surface area contributed by atoms with Crippen molar-refractivity contribution in [3.63, 3.8) is 0 Å². The highest BCUT2D eigenvalue weighted by Crippen LogP contribution is 2.20. The Hall–Kier alpha value is -3.15. The molecule has 3 aromatic rings. The average Bonchev–Trinajstić information content (AvgIpc) is 2.85. The van der Waals surface area contributed by atoms with Crippen LogP contribution in [0.5, 0.6) is 0 Å². The standard InChI is InChI=1S/C27H31N3O2/c1-29(2)25-14-12-23(13-15-25)26(30-16-18-32-19-17-30)20-28-27(31)24-10-8-22(9-11-24)21-6-4-3-5-7-21/h3-15,26H,16-20H2,1-2H3,(H,28,31)/p+1/t26-/m0/s1. The molecule has 32 heavy (non-hydrogen) atoms. The van der Waals surface area contributed by atoms with Gasteiger partial charge < -0.3 is 19.9 Å². The molecule has 1 amide bonds. The van der Waals surface area contributed by atoms with Gasteiger partial charge in [-0.25, -0.2) is 0 Å². The van der Waals surface area contributed by atoms with Crippen molar-refractivity contribution < 1.29 is 14.4 Å². The minimum atomic E-state index is -0.0350. The summed E-state index contributed by atoms with van der Waals surface area (Å²) in [6.45, 7) is 4.01. The molecule has 0 aliphatic carbocycles. The Balaban J connectivity index is 1.45. The van der Waals surface area contributed by atoms with E-state index < -0.39 is 0 Å². The second-order valence-corrected chi connectivity index (χ2v) is 8.46. The van der Waals surface area contributed by atoms with E-state index >= 15 is 0 Å². The third-order valence-corrected chi connectivity index (χ3v) is 6.16. The van der Waals surface area contributed by atoms with Gasteiger partial charge in [0.05, 0.1) is 19.8 Å². The highest BCUT2D eigenvalue weighted by Gasteiger charge is 2.27. The zero-order valence-corrected chi connectivity index (χ0v) is 18.9. The largest absolute Gasteiger partial charge is 0.378 e. The van der Waals surface area contributed by atoms with Crippen molar-refractivity contribution >= 4 is 11.6 Å². The number of quaternary nitrogens is 1. The summed E-state index contributed by atoms with van der Waals surface area (Å²) in [5.74, 6) is -0.0350. The number of nitrogens with zero attached hydrogens (tertiary/aromatic N) is 1. The molecule has 0 bridgehead atoms. The quantitative estimate of drug-likeness (QED) is 0.606. The van der Waals surface area contributed by atoms with Crippen LogP contribution in [0.25, 0.3) is 11.1 Å². The molecule has 1 atom stereocenters. The molecule has 0 saturated carbocycles. The summed E-state index contributed by atoms with van der Waals surface area (Å²) in [5, 5.41) is 3.18. The van der Waals surface area contributed by atoms with Crippen LogP contribution in [0.2, 0.25) is 0 Å². The molecule has 1 aliphatic rings. The van der Waals surface area contributed by atoms with E-state index in [0.29, 0.717) is 12.1 Å². The third-order valence-electron chi connectivity index (χ3n) is 6.16. The summed E-state index contributed by atoms with van der Waals surface area (Å²) in [4.78, 5) is 16.5. The highest BCUT2D eigenvalue weighted by atomic mass is 16.5. The van der Waals surface area contributed by atoms with Crippen molar-refractivity contribution in [2.45, 2.75) is 6.04 Å². The third kappa shape index (κ3) is 5.36. The molecule has 1 fully saturated rings. The van der Waals surface area contributed by atoms with Gasteiger partial charge in [-0.3, -0.25) is 4.79 Å². The number of hydrogen-bond donors (Lipinski definition) is 2. The van der Waals surface area contributed by atoms with Gasteiger partial charge in [0.1, 0.15) is 19.1 Å². The highest BCUT2D eigenvalue weighted by molar-refractivity contribution is 5.94. The molecule has 166 valence electrons. The first-order chi connectivity index (χ1) is 15.6. The van der Waals surface area contributed by atoms with Crippen LogP contribution in [-0.4, -0.2) is 52.9 Å². The Bertz CT molecular complexity index is 995. The fourth-order valence-corrected chi connectivity index (χ4v) is 4.23. The van der Waals surface area contributed by atoms with Gasteiger partial charge in [0.25, 0.3) is 5.91 Å². The number of ether oxygens (including phenoxy) is 1. The number of nitrogens with one attached hydrogen (secondary N) is 2. The molecule has 2 N–H and O–H groups in total. The van der Waals surface area contributed by atoms with E-state index in [9.17, 15) is 4.79 Å². The summed E-state index contributed by atoms with van der Waals surface area (Å²) < 4.78 is 5.56. The second kappa shape index (κ2) is 10.4. The van der Waals surface area contributed by atoms with Crippen LogP contribution in [0.4, 0.5) is 5.69 Å². The predicted octanol–water partition coefficient (Wildman–Crippen LogP) is 2.81. The van der Waals surface area contributed by atoms with Gasteiger partial charge >= 0.3 is 0 Å². The van der Waals surface area contributed by atoms with E-state index in [1.54, 1.807) is 0 Å². The van der Waals surface area contributed by atoms with Crippen molar-refractivity contribution in [3.8, 4) is 11.1 Å². The molecular weight excluding hydrogens is 398 g/mol. The number of carbonyl (C=O) groups is 1. The van der Waals surface area contributed by atoms with Gasteiger partial charge in [-0.15, -0.1) is 0 Å². The van der Waals surface area contributed by atoms with E-state index in [4.69, 9.17) is 4.74 Å². The number of anilines is 1. The van der Waals surface area contributed by atoms with Crippen LogP contribution in [0.1, 0.15) is 22.0 Å². The summed E-state index contributed by atoms with van der Waals surface area (Å²) in [6, 6.07) is 26.9. The van der Waals surface area contributed by atoms with E-state index in [1.807, 2.05) is 56.6 Å².